The molecule has 3 nitrogen and oxygen atoms in total. The van der Waals surface area contributed by atoms with Gasteiger partial charge in [-0.05, 0) is 19.1 Å². The van der Waals surface area contributed by atoms with Crippen molar-refractivity contribution in [2.45, 2.75) is 6.92 Å². The van der Waals surface area contributed by atoms with Crippen molar-refractivity contribution in [3.05, 3.63) is 65.2 Å². The van der Waals surface area contributed by atoms with Gasteiger partial charge in [-0.25, -0.2) is 0 Å². The van der Waals surface area contributed by atoms with Gasteiger partial charge >= 0.3 is 0 Å². The molecule has 0 saturated carbocycles. The van der Waals surface area contributed by atoms with Crippen LogP contribution in [0.3, 0.4) is 0 Å². The third kappa shape index (κ3) is 2.28. The summed E-state index contributed by atoms with van der Waals surface area (Å²) in [6, 6.07) is 14.4. The lowest BCUT2D eigenvalue weighted by Gasteiger charge is -2.08. The van der Waals surface area contributed by atoms with E-state index in [1.165, 1.54) is 0 Å². The van der Waals surface area contributed by atoms with Crippen molar-refractivity contribution in [3.63, 3.8) is 0 Å². The molecule has 0 radical (unpaired) electrons. The van der Waals surface area contributed by atoms with E-state index in [0.717, 1.165) is 11.1 Å². The van der Waals surface area contributed by atoms with Gasteiger partial charge in [-0.3, -0.25) is 0 Å². The predicted octanol–water partition coefficient (Wildman–Crippen LogP) is 2.93. The fourth-order valence-corrected chi connectivity index (χ4v) is 1.70. The van der Waals surface area contributed by atoms with E-state index in [2.05, 4.69) is 5.16 Å². The summed E-state index contributed by atoms with van der Waals surface area (Å²) in [7, 11) is 0. The summed E-state index contributed by atoms with van der Waals surface area (Å²) in [6.45, 7) is 1.92. The van der Waals surface area contributed by atoms with Crippen LogP contribution >= 0.6 is 0 Å². The van der Waals surface area contributed by atoms with Gasteiger partial charge < -0.3 is 10.3 Å². The van der Waals surface area contributed by atoms with Crippen LogP contribution < -0.4 is 0 Å². The second-order valence-corrected chi connectivity index (χ2v) is 3.84. The van der Waals surface area contributed by atoms with Crippen LogP contribution in [-0.4, -0.2) is 16.0 Å². The number of aryl methyl sites for hydroxylation is 1. The Hall–Kier alpha value is -2.29. The molecule has 0 aliphatic rings. The lowest BCUT2D eigenvalue weighted by Crippen LogP contribution is -2.03. The smallest absolute Gasteiger partial charge is 0.125 e. The van der Waals surface area contributed by atoms with Crippen molar-refractivity contribution in [1.82, 2.24) is 0 Å². The van der Waals surface area contributed by atoms with Gasteiger partial charge in [-0.2, -0.15) is 0 Å². The van der Waals surface area contributed by atoms with Crippen LogP contribution in [0.2, 0.25) is 0 Å². The number of hydrogen-bond acceptors (Lipinski definition) is 3. The van der Waals surface area contributed by atoms with Crippen molar-refractivity contribution in [2.24, 2.45) is 5.16 Å². The lowest BCUT2D eigenvalue weighted by atomic mass is 10.00. The molecule has 17 heavy (non-hydrogen) atoms. The molecule has 0 aliphatic heterocycles. The number of hydrogen-bond donors (Lipinski definition) is 2. The van der Waals surface area contributed by atoms with Gasteiger partial charge in [-0.15, -0.1) is 0 Å². The summed E-state index contributed by atoms with van der Waals surface area (Å²) >= 11 is 0. The molecule has 86 valence electrons. The quantitative estimate of drug-likeness (QED) is 0.471. The summed E-state index contributed by atoms with van der Waals surface area (Å²) in [5, 5.41) is 22.2. The van der Waals surface area contributed by atoms with Crippen molar-refractivity contribution < 1.29 is 10.3 Å². The van der Waals surface area contributed by atoms with Crippen LogP contribution in [-0.2, 0) is 0 Å². The zero-order chi connectivity index (χ0) is 12.3. The van der Waals surface area contributed by atoms with Gasteiger partial charge in [0.1, 0.15) is 11.5 Å². The topological polar surface area (TPSA) is 52.8 Å². The average molecular weight is 227 g/mol. The fraction of sp³-hybridized carbons (Fsp3) is 0.0714. The molecular weight excluding hydrogens is 214 g/mol. The molecule has 0 fully saturated rings. The van der Waals surface area contributed by atoms with Gasteiger partial charge in [0.25, 0.3) is 0 Å². The highest BCUT2D eigenvalue weighted by Crippen LogP contribution is 2.22. The molecule has 0 aliphatic carbocycles. The molecule has 0 aromatic heterocycles. The second kappa shape index (κ2) is 4.70. The summed E-state index contributed by atoms with van der Waals surface area (Å²) < 4.78 is 0. The van der Waals surface area contributed by atoms with Crippen LogP contribution in [0.4, 0.5) is 0 Å². The summed E-state index contributed by atoms with van der Waals surface area (Å²) in [4.78, 5) is 0. The third-order valence-corrected chi connectivity index (χ3v) is 2.55. The van der Waals surface area contributed by atoms with E-state index >= 15 is 0 Å². The molecule has 2 aromatic rings. The van der Waals surface area contributed by atoms with Crippen molar-refractivity contribution in [1.29, 1.82) is 0 Å². The minimum Gasteiger partial charge on any atom is -0.507 e. The number of benzene rings is 2. The first-order valence-electron chi connectivity index (χ1n) is 5.30. The minimum atomic E-state index is 0.104. The van der Waals surface area contributed by atoms with E-state index in [9.17, 15) is 5.11 Å². The second-order valence-electron chi connectivity index (χ2n) is 3.84. The zero-order valence-corrected chi connectivity index (χ0v) is 9.46. The van der Waals surface area contributed by atoms with Gasteiger partial charge in [0.15, 0.2) is 0 Å². The van der Waals surface area contributed by atoms with Crippen LogP contribution in [0.5, 0.6) is 5.75 Å². The van der Waals surface area contributed by atoms with Gasteiger partial charge in [0.2, 0.25) is 0 Å². The Morgan fingerprint density at radius 2 is 1.76 bits per heavy atom. The maximum atomic E-state index is 9.81. The first-order valence-corrected chi connectivity index (χ1v) is 5.30. The van der Waals surface area contributed by atoms with E-state index in [0.29, 0.717) is 11.3 Å². The van der Waals surface area contributed by atoms with Crippen LogP contribution in [0.15, 0.2) is 53.7 Å². The summed E-state index contributed by atoms with van der Waals surface area (Å²) in [5.41, 5.74) is 2.65. The number of phenolic OH excluding ortho intramolecular Hbond substituents is 1. The molecule has 0 bridgehead atoms. The van der Waals surface area contributed by atoms with Crippen LogP contribution in [0.25, 0.3) is 0 Å². The fourth-order valence-electron chi connectivity index (χ4n) is 1.70. The Bertz CT molecular complexity index is 547. The Kier molecular flexibility index (Phi) is 3.10. The van der Waals surface area contributed by atoms with Crippen LogP contribution in [0, 0.1) is 6.92 Å². The number of phenols is 1. The van der Waals surface area contributed by atoms with Crippen molar-refractivity contribution in [2.75, 3.05) is 0 Å². The monoisotopic (exact) mass is 227 g/mol. The SMILES string of the molecule is Cc1ccc(O)c(/C(=N/O)c2ccccc2)c1. The number of oxime groups is 1. The summed E-state index contributed by atoms with van der Waals surface area (Å²) in [6.07, 6.45) is 0. The van der Waals surface area contributed by atoms with E-state index in [-0.39, 0.29) is 5.75 Å². The molecule has 0 saturated heterocycles. The molecule has 0 atom stereocenters. The van der Waals surface area contributed by atoms with E-state index in [1.807, 2.05) is 37.3 Å². The van der Waals surface area contributed by atoms with E-state index < -0.39 is 0 Å². The molecule has 2 rings (SSSR count). The van der Waals surface area contributed by atoms with Gasteiger partial charge in [0.05, 0.1) is 0 Å². The van der Waals surface area contributed by atoms with Crippen LogP contribution in [0.1, 0.15) is 16.7 Å². The van der Waals surface area contributed by atoms with E-state index in [1.54, 1.807) is 18.2 Å². The summed E-state index contributed by atoms with van der Waals surface area (Å²) in [5.74, 6) is 0.104. The maximum Gasteiger partial charge on any atom is 0.125 e. The standard InChI is InChI=1S/C14H13NO2/c1-10-7-8-13(16)12(9-10)14(15-17)11-5-3-2-4-6-11/h2-9,16-17H,1H3/b15-14+. The number of nitrogens with zero attached hydrogens (tertiary/aromatic N) is 1. The maximum absolute atomic E-state index is 9.81. The average Bonchev–Trinajstić information content (AvgIpc) is 2.36. The molecule has 0 heterocycles. The molecule has 2 N–H and O–H groups in total. The van der Waals surface area contributed by atoms with E-state index in [4.69, 9.17) is 5.21 Å². The largest absolute Gasteiger partial charge is 0.507 e. The minimum absolute atomic E-state index is 0.104. The highest BCUT2D eigenvalue weighted by atomic mass is 16.4. The predicted molar refractivity (Wildman–Crippen MR) is 66.7 cm³/mol. The molecule has 3 heteroatoms. The molecule has 0 spiro atoms. The highest BCUT2D eigenvalue weighted by molar-refractivity contribution is 6.14. The molecular formula is C14H13NO2. The molecule has 0 unspecified atom stereocenters. The normalized spacial score (nSPS) is 11.5. The molecule has 0 amide bonds. The Morgan fingerprint density at radius 1 is 1.06 bits per heavy atom. The number of rotatable bonds is 2. The first-order chi connectivity index (χ1) is 8.22. The zero-order valence-electron chi connectivity index (χ0n) is 9.46. The first kappa shape index (κ1) is 11.2. The third-order valence-electron chi connectivity index (χ3n) is 2.55. The van der Waals surface area contributed by atoms with Crippen molar-refractivity contribution in [3.8, 4) is 5.75 Å². The van der Waals surface area contributed by atoms with Gasteiger partial charge in [-0.1, -0.05) is 47.1 Å². The molecule has 2 aromatic carbocycles. The Balaban J connectivity index is 2.54. The van der Waals surface area contributed by atoms with Crippen molar-refractivity contribution >= 4 is 5.71 Å². The highest BCUT2D eigenvalue weighted by Gasteiger charge is 2.11. The number of aromatic hydroxyl groups is 1. The lowest BCUT2D eigenvalue weighted by molar-refractivity contribution is 0.319. The van der Waals surface area contributed by atoms with Gasteiger partial charge in [0, 0.05) is 11.1 Å². The Labute approximate surface area is 99.7 Å². The Morgan fingerprint density at radius 3 is 2.41 bits per heavy atom.